The van der Waals surface area contributed by atoms with Gasteiger partial charge in [-0.15, -0.1) is 0 Å². The first-order chi connectivity index (χ1) is 8.70. The third kappa shape index (κ3) is 3.31. The van der Waals surface area contributed by atoms with Gasteiger partial charge in [-0.1, -0.05) is 30.7 Å². The molecule has 1 heterocycles. The zero-order chi connectivity index (χ0) is 13.0. The molecule has 2 rings (SSSR count). The highest BCUT2D eigenvalue weighted by Crippen LogP contribution is 2.18. The van der Waals surface area contributed by atoms with Crippen LogP contribution in [0.25, 0.3) is 0 Å². The Labute approximate surface area is 112 Å². The van der Waals surface area contributed by atoms with Gasteiger partial charge in [0.2, 0.25) is 0 Å². The Morgan fingerprint density at radius 3 is 2.78 bits per heavy atom. The number of halogens is 1. The average Bonchev–Trinajstić information content (AvgIpc) is 2.81. The Bertz CT molecular complexity index is 405. The molecule has 1 aliphatic heterocycles. The fourth-order valence-corrected chi connectivity index (χ4v) is 2.40. The van der Waals surface area contributed by atoms with Crippen molar-refractivity contribution >= 4 is 17.4 Å². The van der Waals surface area contributed by atoms with Gasteiger partial charge in [0.25, 0.3) is 0 Å². The summed E-state index contributed by atoms with van der Waals surface area (Å²) in [5.74, 6) is 0.210. The maximum absolute atomic E-state index is 12.2. The van der Waals surface area contributed by atoms with Crippen LogP contribution in [0.3, 0.4) is 0 Å². The fourth-order valence-electron chi connectivity index (χ4n) is 2.27. The van der Waals surface area contributed by atoms with Gasteiger partial charge in [0.05, 0.1) is 19.1 Å². The number of ketones is 1. The van der Waals surface area contributed by atoms with Crippen molar-refractivity contribution in [2.75, 3.05) is 19.8 Å². The van der Waals surface area contributed by atoms with Crippen molar-refractivity contribution in [1.29, 1.82) is 0 Å². The van der Waals surface area contributed by atoms with Crippen molar-refractivity contribution < 1.29 is 9.53 Å². The first-order valence-corrected chi connectivity index (χ1v) is 6.66. The van der Waals surface area contributed by atoms with E-state index in [1.54, 1.807) is 0 Å². The third-order valence-electron chi connectivity index (χ3n) is 3.25. The molecule has 4 heteroatoms. The molecule has 2 unspecified atom stereocenters. The summed E-state index contributed by atoms with van der Waals surface area (Å²) in [6.45, 7) is 4.06. The van der Waals surface area contributed by atoms with Crippen LogP contribution in [0.2, 0.25) is 5.02 Å². The van der Waals surface area contributed by atoms with Crippen LogP contribution in [-0.4, -0.2) is 31.6 Å². The summed E-state index contributed by atoms with van der Waals surface area (Å²) in [4.78, 5) is 12.2. The molecule has 98 valence electrons. The van der Waals surface area contributed by atoms with Gasteiger partial charge in [0, 0.05) is 17.5 Å². The lowest BCUT2D eigenvalue weighted by Gasteiger charge is -2.17. The summed E-state index contributed by atoms with van der Waals surface area (Å²) in [6, 6.07) is 7.60. The minimum Gasteiger partial charge on any atom is -0.379 e. The molecule has 0 saturated carbocycles. The summed E-state index contributed by atoms with van der Waals surface area (Å²) in [5, 5.41) is 4.00. The van der Waals surface area contributed by atoms with E-state index < -0.39 is 0 Å². The number of carbonyl (C=O) groups excluding carboxylic acids is 1. The van der Waals surface area contributed by atoms with E-state index in [4.69, 9.17) is 16.3 Å². The van der Waals surface area contributed by atoms with E-state index >= 15 is 0 Å². The molecule has 1 saturated heterocycles. The van der Waals surface area contributed by atoms with Gasteiger partial charge in [-0.3, -0.25) is 4.79 Å². The lowest BCUT2D eigenvalue weighted by atomic mass is 9.94. The second kappa shape index (κ2) is 6.32. The minimum atomic E-state index is -0.0272. The Morgan fingerprint density at radius 2 is 2.11 bits per heavy atom. The highest BCUT2D eigenvalue weighted by Gasteiger charge is 2.32. The van der Waals surface area contributed by atoms with Crippen molar-refractivity contribution in [3.63, 3.8) is 0 Å². The molecule has 3 nitrogen and oxygen atoms in total. The van der Waals surface area contributed by atoms with Crippen LogP contribution in [0, 0.1) is 5.92 Å². The van der Waals surface area contributed by atoms with Crippen LogP contribution in [0.1, 0.15) is 12.5 Å². The predicted octanol–water partition coefficient (Wildman–Crippen LogP) is 2.08. The van der Waals surface area contributed by atoms with Crippen molar-refractivity contribution in [2.24, 2.45) is 5.92 Å². The van der Waals surface area contributed by atoms with Gasteiger partial charge in [-0.05, 0) is 24.2 Å². The number of nitrogens with one attached hydrogen (secondary N) is 1. The summed E-state index contributed by atoms with van der Waals surface area (Å²) in [7, 11) is 0. The number of hydrogen-bond acceptors (Lipinski definition) is 3. The topological polar surface area (TPSA) is 38.3 Å². The van der Waals surface area contributed by atoms with E-state index in [1.807, 2.05) is 31.2 Å². The monoisotopic (exact) mass is 267 g/mol. The number of carbonyl (C=O) groups is 1. The van der Waals surface area contributed by atoms with Crippen molar-refractivity contribution in [2.45, 2.75) is 19.4 Å². The number of rotatable bonds is 5. The molecule has 1 aliphatic rings. The van der Waals surface area contributed by atoms with Gasteiger partial charge in [-0.25, -0.2) is 0 Å². The minimum absolute atomic E-state index is 0.0272. The van der Waals surface area contributed by atoms with Crippen LogP contribution in [0.4, 0.5) is 0 Å². The average molecular weight is 268 g/mol. The Hall–Kier alpha value is -0.900. The highest BCUT2D eigenvalue weighted by atomic mass is 35.5. The molecule has 1 aromatic rings. The van der Waals surface area contributed by atoms with Gasteiger partial charge in [0.1, 0.15) is 5.78 Å². The van der Waals surface area contributed by atoms with Crippen LogP contribution in [0.15, 0.2) is 24.3 Å². The molecule has 1 N–H and O–H groups in total. The Morgan fingerprint density at radius 1 is 1.39 bits per heavy atom. The first-order valence-electron chi connectivity index (χ1n) is 6.29. The summed E-state index contributed by atoms with van der Waals surface area (Å²) >= 11 is 5.82. The van der Waals surface area contributed by atoms with E-state index in [0.29, 0.717) is 24.7 Å². The molecular weight excluding hydrogens is 250 g/mol. The largest absolute Gasteiger partial charge is 0.379 e. The van der Waals surface area contributed by atoms with E-state index in [2.05, 4.69) is 5.32 Å². The second-order valence-corrected chi connectivity index (χ2v) is 5.01. The Kier molecular flexibility index (Phi) is 4.75. The maximum atomic E-state index is 12.2. The smallest absolute Gasteiger partial charge is 0.144 e. The number of benzene rings is 1. The van der Waals surface area contributed by atoms with Gasteiger partial charge in [0.15, 0.2) is 0 Å². The predicted molar refractivity (Wildman–Crippen MR) is 71.9 cm³/mol. The number of hydrogen-bond donors (Lipinski definition) is 1. The van der Waals surface area contributed by atoms with Gasteiger partial charge < -0.3 is 10.1 Å². The van der Waals surface area contributed by atoms with Crippen LogP contribution < -0.4 is 5.32 Å². The van der Waals surface area contributed by atoms with Crippen LogP contribution in [-0.2, 0) is 16.0 Å². The van der Waals surface area contributed by atoms with Crippen LogP contribution in [0.5, 0.6) is 0 Å². The van der Waals surface area contributed by atoms with E-state index in [1.165, 1.54) is 0 Å². The fraction of sp³-hybridized carbons (Fsp3) is 0.500. The normalized spacial score (nSPS) is 23.2. The number of likely N-dealkylation sites (N-methyl/N-ethyl adjacent to an activating group) is 1. The number of ether oxygens (including phenoxy) is 1. The van der Waals surface area contributed by atoms with Crippen molar-refractivity contribution in [3.8, 4) is 0 Å². The molecule has 0 aliphatic carbocycles. The Balaban J connectivity index is 1.96. The van der Waals surface area contributed by atoms with Gasteiger partial charge >= 0.3 is 0 Å². The molecule has 0 spiro atoms. The van der Waals surface area contributed by atoms with E-state index in [-0.39, 0.29) is 17.7 Å². The summed E-state index contributed by atoms with van der Waals surface area (Å²) < 4.78 is 5.40. The number of Topliss-reactive ketones (excluding diaryl/α,β-unsaturated/α-hetero) is 1. The molecule has 0 amide bonds. The molecular formula is C14H18ClNO2. The van der Waals surface area contributed by atoms with Gasteiger partial charge in [-0.2, -0.15) is 0 Å². The molecule has 0 radical (unpaired) electrons. The van der Waals surface area contributed by atoms with E-state index in [0.717, 1.165) is 12.1 Å². The first kappa shape index (κ1) is 13.5. The van der Waals surface area contributed by atoms with Crippen molar-refractivity contribution in [3.05, 3.63) is 34.9 Å². The molecule has 1 fully saturated rings. The molecule has 1 aromatic carbocycles. The second-order valence-electron chi connectivity index (χ2n) is 4.58. The zero-order valence-electron chi connectivity index (χ0n) is 10.5. The lowest BCUT2D eigenvalue weighted by molar-refractivity contribution is -0.122. The summed E-state index contributed by atoms with van der Waals surface area (Å²) in [6.07, 6.45) is 0.451. The third-order valence-corrected chi connectivity index (χ3v) is 3.50. The van der Waals surface area contributed by atoms with Crippen molar-refractivity contribution in [1.82, 2.24) is 5.32 Å². The molecule has 0 bridgehead atoms. The highest BCUT2D eigenvalue weighted by molar-refractivity contribution is 6.30. The molecule has 2 atom stereocenters. The quantitative estimate of drug-likeness (QED) is 0.888. The lowest BCUT2D eigenvalue weighted by Crippen LogP contribution is -2.39. The molecule has 0 aromatic heterocycles. The van der Waals surface area contributed by atoms with E-state index in [9.17, 15) is 4.79 Å². The standard InChI is InChI=1S/C14H18ClNO2/c1-2-16-13-9-18-8-12(13)14(17)7-10-3-5-11(15)6-4-10/h3-6,12-13,16H,2,7-9H2,1H3. The maximum Gasteiger partial charge on any atom is 0.144 e. The van der Waals surface area contributed by atoms with Crippen LogP contribution >= 0.6 is 11.6 Å². The molecule has 18 heavy (non-hydrogen) atoms. The SMILES string of the molecule is CCNC1COCC1C(=O)Cc1ccc(Cl)cc1. The zero-order valence-corrected chi connectivity index (χ0v) is 11.2. The summed E-state index contributed by atoms with van der Waals surface area (Å²) in [5.41, 5.74) is 1.01.